The Morgan fingerprint density at radius 2 is 2.00 bits per heavy atom. The molecule has 0 unspecified atom stereocenters. The van der Waals surface area contributed by atoms with E-state index in [0.29, 0.717) is 36.5 Å². The predicted molar refractivity (Wildman–Crippen MR) is 118 cm³/mol. The standard InChI is InChI=1S/C25H36O4/c1-4-6-14-23-24(29-23)15-11-9-7-8-10-12-18-28-22-17-16-20(19(3)26)25(27)21(22)13-5-2/h7,9,11,15-17,23-24,27H,4-6,8,10,12-14,18H2,1-3H3/b9-7-,15-11+/t23-,24-/m0/s1. The highest BCUT2D eigenvalue weighted by Gasteiger charge is 2.34. The number of phenolic OH excluding ortho intramolecular Hbond substituents is 1. The number of hydrogen-bond donors (Lipinski definition) is 1. The Morgan fingerprint density at radius 1 is 1.17 bits per heavy atom. The minimum Gasteiger partial charge on any atom is -0.507 e. The zero-order valence-corrected chi connectivity index (χ0v) is 18.2. The molecule has 0 saturated carbocycles. The maximum atomic E-state index is 11.6. The Labute approximate surface area is 175 Å². The fourth-order valence-electron chi connectivity index (χ4n) is 3.39. The molecule has 2 rings (SSSR count). The van der Waals surface area contributed by atoms with E-state index in [0.717, 1.165) is 31.2 Å². The summed E-state index contributed by atoms with van der Waals surface area (Å²) in [5, 5.41) is 10.4. The zero-order chi connectivity index (χ0) is 21.1. The third-order valence-corrected chi connectivity index (χ3v) is 5.15. The van der Waals surface area contributed by atoms with Gasteiger partial charge in [0.1, 0.15) is 17.6 Å². The summed E-state index contributed by atoms with van der Waals surface area (Å²) in [6.07, 6.45) is 17.5. The topological polar surface area (TPSA) is 59.1 Å². The number of phenols is 1. The summed E-state index contributed by atoms with van der Waals surface area (Å²) in [4.78, 5) is 11.6. The Kier molecular flexibility index (Phi) is 9.99. The second-order valence-electron chi connectivity index (χ2n) is 7.68. The SMILES string of the molecule is CCCC[C@@H]1O[C@H]1/C=C/C=C\CCCCOc1ccc(C(C)=O)c(O)c1CCC. The second kappa shape index (κ2) is 12.5. The molecule has 0 radical (unpaired) electrons. The van der Waals surface area contributed by atoms with E-state index < -0.39 is 0 Å². The molecule has 1 aromatic rings. The van der Waals surface area contributed by atoms with Crippen LogP contribution in [0.4, 0.5) is 0 Å². The summed E-state index contributed by atoms with van der Waals surface area (Å²) >= 11 is 0. The van der Waals surface area contributed by atoms with Crippen molar-refractivity contribution in [2.45, 2.75) is 84.3 Å². The molecule has 0 bridgehead atoms. The Balaban J connectivity index is 1.66. The lowest BCUT2D eigenvalue weighted by Gasteiger charge is -2.14. The number of ketones is 1. The maximum absolute atomic E-state index is 11.6. The third-order valence-electron chi connectivity index (χ3n) is 5.15. The van der Waals surface area contributed by atoms with Crippen LogP contribution in [0.15, 0.2) is 36.4 Å². The summed E-state index contributed by atoms with van der Waals surface area (Å²) in [5.74, 6) is 0.634. The molecule has 0 amide bonds. The molecule has 0 aromatic heterocycles. The van der Waals surface area contributed by atoms with Crippen molar-refractivity contribution in [1.29, 1.82) is 0 Å². The van der Waals surface area contributed by atoms with Gasteiger partial charge >= 0.3 is 0 Å². The third kappa shape index (κ3) is 7.69. The summed E-state index contributed by atoms with van der Waals surface area (Å²) < 4.78 is 11.5. The average Bonchev–Trinajstić information content (AvgIpc) is 3.45. The number of carbonyl (C=O) groups is 1. The smallest absolute Gasteiger partial charge is 0.163 e. The van der Waals surface area contributed by atoms with Crippen molar-refractivity contribution < 1.29 is 19.4 Å². The summed E-state index contributed by atoms with van der Waals surface area (Å²) in [7, 11) is 0. The van der Waals surface area contributed by atoms with E-state index in [9.17, 15) is 9.90 Å². The van der Waals surface area contributed by atoms with Crippen LogP contribution >= 0.6 is 0 Å². The fourth-order valence-corrected chi connectivity index (χ4v) is 3.39. The monoisotopic (exact) mass is 400 g/mol. The molecule has 1 N–H and O–H groups in total. The second-order valence-corrected chi connectivity index (χ2v) is 7.68. The largest absolute Gasteiger partial charge is 0.507 e. The van der Waals surface area contributed by atoms with E-state index in [-0.39, 0.29) is 11.5 Å². The van der Waals surface area contributed by atoms with Crippen LogP contribution in [0.25, 0.3) is 0 Å². The van der Waals surface area contributed by atoms with Crippen molar-refractivity contribution in [2.75, 3.05) is 6.61 Å². The Morgan fingerprint density at radius 3 is 2.72 bits per heavy atom. The van der Waals surface area contributed by atoms with Crippen LogP contribution in [0.3, 0.4) is 0 Å². The molecule has 1 aliphatic heterocycles. The highest BCUT2D eigenvalue weighted by Crippen LogP contribution is 2.33. The van der Waals surface area contributed by atoms with Crippen LogP contribution in [0.1, 0.15) is 81.6 Å². The molecule has 1 aliphatic rings. The number of allylic oxidation sites excluding steroid dienone is 3. The number of benzene rings is 1. The number of hydrogen-bond acceptors (Lipinski definition) is 4. The first kappa shape index (κ1) is 23.2. The van der Waals surface area contributed by atoms with Crippen molar-refractivity contribution in [2.24, 2.45) is 0 Å². The van der Waals surface area contributed by atoms with Crippen LogP contribution in [0.5, 0.6) is 11.5 Å². The number of aromatic hydroxyl groups is 1. The molecular formula is C25H36O4. The molecule has 1 heterocycles. The number of unbranched alkanes of at least 4 members (excludes halogenated alkanes) is 3. The van der Waals surface area contributed by atoms with Gasteiger partial charge in [0.25, 0.3) is 0 Å². The number of Topliss-reactive ketones (excluding diaryl/α,β-unsaturated/α-hetero) is 1. The number of rotatable bonds is 14. The minimum atomic E-state index is -0.128. The number of epoxide rings is 1. The van der Waals surface area contributed by atoms with Crippen LogP contribution in [0, 0.1) is 0 Å². The van der Waals surface area contributed by atoms with E-state index in [4.69, 9.17) is 9.47 Å². The van der Waals surface area contributed by atoms with Crippen LogP contribution in [-0.2, 0) is 11.2 Å². The summed E-state index contributed by atoms with van der Waals surface area (Å²) in [5.41, 5.74) is 1.11. The van der Waals surface area contributed by atoms with Crippen LogP contribution in [0.2, 0.25) is 0 Å². The zero-order valence-electron chi connectivity index (χ0n) is 18.2. The van der Waals surface area contributed by atoms with Gasteiger partial charge < -0.3 is 14.6 Å². The first-order valence-electron chi connectivity index (χ1n) is 11.1. The lowest BCUT2D eigenvalue weighted by Crippen LogP contribution is -2.03. The lowest BCUT2D eigenvalue weighted by molar-refractivity contribution is 0.101. The number of ether oxygens (including phenoxy) is 2. The van der Waals surface area contributed by atoms with Gasteiger partial charge in [-0.3, -0.25) is 4.79 Å². The van der Waals surface area contributed by atoms with Gasteiger partial charge in [0.05, 0.1) is 18.3 Å². The van der Waals surface area contributed by atoms with Crippen LogP contribution in [-0.4, -0.2) is 29.7 Å². The Bertz CT molecular complexity index is 705. The minimum absolute atomic E-state index is 0.0724. The summed E-state index contributed by atoms with van der Waals surface area (Å²) in [6.45, 7) is 6.33. The first-order chi connectivity index (χ1) is 14.1. The number of carbonyl (C=O) groups excluding carboxylic acids is 1. The van der Waals surface area contributed by atoms with E-state index >= 15 is 0 Å². The molecule has 1 aromatic carbocycles. The van der Waals surface area contributed by atoms with Gasteiger partial charge in [-0.2, -0.15) is 0 Å². The molecule has 0 aliphatic carbocycles. The first-order valence-corrected chi connectivity index (χ1v) is 11.1. The van der Waals surface area contributed by atoms with Gasteiger partial charge in [-0.15, -0.1) is 0 Å². The molecular weight excluding hydrogens is 364 g/mol. The molecule has 1 saturated heterocycles. The predicted octanol–water partition coefficient (Wildman–Crippen LogP) is 6.17. The van der Waals surface area contributed by atoms with Gasteiger partial charge in [0.2, 0.25) is 0 Å². The molecule has 2 atom stereocenters. The van der Waals surface area contributed by atoms with E-state index in [1.807, 2.05) is 6.92 Å². The molecule has 1 fully saturated rings. The maximum Gasteiger partial charge on any atom is 0.163 e. The average molecular weight is 401 g/mol. The lowest BCUT2D eigenvalue weighted by atomic mass is 10.0. The van der Waals surface area contributed by atoms with Crippen LogP contribution < -0.4 is 4.74 Å². The van der Waals surface area contributed by atoms with Crippen molar-refractivity contribution in [1.82, 2.24) is 0 Å². The van der Waals surface area contributed by atoms with Crippen molar-refractivity contribution in [3.8, 4) is 11.5 Å². The van der Waals surface area contributed by atoms with E-state index in [1.54, 1.807) is 12.1 Å². The molecule has 4 nitrogen and oxygen atoms in total. The molecule has 0 spiro atoms. The van der Waals surface area contributed by atoms with Gasteiger partial charge in [0, 0.05) is 5.56 Å². The highest BCUT2D eigenvalue weighted by molar-refractivity contribution is 5.97. The van der Waals surface area contributed by atoms with Crippen molar-refractivity contribution in [3.05, 3.63) is 47.6 Å². The normalized spacial score (nSPS) is 18.6. The summed E-state index contributed by atoms with van der Waals surface area (Å²) in [6, 6.07) is 3.46. The highest BCUT2D eigenvalue weighted by atomic mass is 16.6. The van der Waals surface area contributed by atoms with Gasteiger partial charge in [-0.1, -0.05) is 57.4 Å². The Hall–Kier alpha value is -2.07. The van der Waals surface area contributed by atoms with E-state index in [1.165, 1.54) is 26.2 Å². The van der Waals surface area contributed by atoms with Gasteiger partial charge in [0.15, 0.2) is 5.78 Å². The fraction of sp³-hybridized carbons (Fsp3) is 0.560. The van der Waals surface area contributed by atoms with Crippen molar-refractivity contribution >= 4 is 5.78 Å². The molecule has 29 heavy (non-hydrogen) atoms. The van der Waals surface area contributed by atoms with Gasteiger partial charge in [-0.05, 0) is 51.2 Å². The van der Waals surface area contributed by atoms with Crippen molar-refractivity contribution in [3.63, 3.8) is 0 Å². The molecule has 160 valence electrons. The van der Waals surface area contributed by atoms with Gasteiger partial charge in [-0.25, -0.2) is 0 Å². The molecule has 4 heteroatoms. The van der Waals surface area contributed by atoms with E-state index in [2.05, 4.69) is 31.2 Å². The quantitative estimate of drug-likeness (QED) is 0.176.